The number of hydrogen-bond acceptors (Lipinski definition) is 0. The predicted molar refractivity (Wildman–Crippen MR) is 45.1 cm³/mol. The molecule has 1 aliphatic rings. The summed E-state index contributed by atoms with van der Waals surface area (Å²) in [6.45, 7) is 11.4. The smallest absolute Gasteiger partial charge is 1.00 e. The van der Waals surface area contributed by atoms with Gasteiger partial charge in [-0.2, -0.15) is 0 Å². The van der Waals surface area contributed by atoms with Crippen LogP contribution in [0.3, 0.4) is 0 Å². The van der Waals surface area contributed by atoms with Gasteiger partial charge in [0.05, 0.1) is 0 Å². The Morgan fingerprint density at radius 2 is 1.08 bits per heavy atom. The van der Waals surface area contributed by atoms with Gasteiger partial charge in [0.25, 0.3) is 0 Å². The van der Waals surface area contributed by atoms with Crippen molar-refractivity contribution in [2.24, 2.45) is 0 Å². The van der Waals surface area contributed by atoms with Crippen molar-refractivity contribution in [3.8, 4) is 0 Å². The maximum absolute atomic E-state index is 2.34. The molecule has 0 aliphatic heterocycles. The second-order valence-electron chi connectivity index (χ2n) is 3.62. The van der Waals surface area contributed by atoms with Gasteiger partial charge in [0.15, 0.2) is 0 Å². The van der Waals surface area contributed by atoms with Crippen molar-refractivity contribution in [2.45, 2.75) is 37.7 Å². The maximum Gasteiger partial charge on any atom is -1.00 e. The molecule has 13 heavy (non-hydrogen) atoms. The summed E-state index contributed by atoms with van der Waals surface area (Å²) in [6.07, 6.45) is 0. The first-order valence-electron chi connectivity index (χ1n) is 4.00. The summed E-state index contributed by atoms with van der Waals surface area (Å²) >= 11 is 1.61. The van der Waals surface area contributed by atoms with E-state index in [1.165, 1.54) is 11.1 Å². The second-order valence-corrected chi connectivity index (χ2v) is 6.08. The molecule has 0 spiro atoms. The van der Waals surface area contributed by atoms with E-state index in [4.69, 9.17) is 0 Å². The van der Waals surface area contributed by atoms with Gasteiger partial charge >= 0.3 is 84.8 Å². The summed E-state index contributed by atoms with van der Waals surface area (Å²) < 4.78 is 0.404. The van der Waals surface area contributed by atoms with Gasteiger partial charge < -0.3 is 24.8 Å². The summed E-state index contributed by atoms with van der Waals surface area (Å²) in [7, 11) is 0. The molecule has 0 saturated heterocycles. The van der Waals surface area contributed by atoms with E-state index in [0.29, 0.717) is 3.12 Å². The van der Waals surface area contributed by atoms with E-state index in [0.717, 1.165) is 0 Å². The molecule has 0 nitrogen and oxygen atoms in total. The molecule has 0 aromatic heterocycles. The van der Waals surface area contributed by atoms with Crippen LogP contribution in [0, 0.1) is 0 Å². The van der Waals surface area contributed by atoms with Gasteiger partial charge in [0.2, 0.25) is 0 Å². The third-order valence-corrected chi connectivity index (χ3v) is 5.03. The van der Waals surface area contributed by atoms with Crippen LogP contribution in [0.1, 0.15) is 34.6 Å². The van der Waals surface area contributed by atoms with Gasteiger partial charge in [-0.3, -0.25) is 0 Å². The van der Waals surface area contributed by atoms with Crippen molar-refractivity contribution in [1.29, 1.82) is 0 Å². The molecule has 0 saturated carbocycles. The topological polar surface area (TPSA) is 0 Å². The summed E-state index contributed by atoms with van der Waals surface area (Å²) in [5.74, 6) is 0. The van der Waals surface area contributed by atoms with Crippen molar-refractivity contribution < 1.29 is 49.5 Å². The van der Waals surface area contributed by atoms with Crippen LogP contribution >= 0.6 is 0 Å². The van der Waals surface area contributed by atoms with Crippen molar-refractivity contribution in [2.75, 3.05) is 0 Å². The molecule has 0 amide bonds. The van der Waals surface area contributed by atoms with Gasteiger partial charge in [0.1, 0.15) is 0 Å². The molecule has 3 heteroatoms. The average Bonchev–Trinajstić information content (AvgIpc) is 2.06. The molecule has 0 heterocycles. The van der Waals surface area contributed by atoms with Crippen LogP contribution in [0.5, 0.6) is 0 Å². The number of halogens is 2. The van der Waals surface area contributed by atoms with Crippen LogP contribution in [0.15, 0.2) is 22.3 Å². The molecule has 0 N–H and O–H groups in total. The minimum Gasteiger partial charge on any atom is -1.00 e. The van der Waals surface area contributed by atoms with E-state index in [9.17, 15) is 0 Å². The summed E-state index contributed by atoms with van der Waals surface area (Å²) in [4.78, 5) is 0. The molecule has 1 rings (SSSR count). The SMILES string of the molecule is CC1=C(C)[C](C)([Zr+3])C(C)=C1C.[Cl-].[Cl-]. The predicted octanol–water partition coefficient (Wildman–Crippen LogP) is -2.59. The molecule has 0 unspecified atom stereocenters. The van der Waals surface area contributed by atoms with E-state index < -0.39 is 0 Å². The first-order chi connectivity index (χ1) is 4.89. The number of rotatable bonds is 0. The van der Waals surface area contributed by atoms with E-state index in [-0.39, 0.29) is 24.8 Å². The van der Waals surface area contributed by atoms with Gasteiger partial charge in [-0.05, 0) is 0 Å². The fourth-order valence-corrected chi connectivity index (χ4v) is 2.52. The van der Waals surface area contributed by atoms with Crippen LogP contribution in [0.4, 0.5) is 0 Å². The summed E-state index contributed by atoms with van der Waals surface area (Å²) in [5, 5.41) is 0. The maximum atomic E-state index is 2.34. The second kappa shape index (κ2) is 5.14. The largest absolute Gasteiger partial charge is 1.00 e. The number of allylic oxidation sites excluding steroid dienone is 4. The van der Waals surface area contributed by atoms with Gasteiger partial charge in [-0.15, -0.1) is 0 Å². The van der Waals surface area contributed by atoms with Gasteiger partial charge in [-0.1, -0.05) is 0 Å². The molecule has 1 aliphatic carbocycles. The van der Waals surface area contributed by atoms with Gasteiger partial charge in [0, 0.05) is 0 Å². The standard InChI is InChI=1S/C10H15.2ClH.Zr/c1-6-7(2)9(4)10(5)8(6)3;;;/h1-5H3;2*1H;/q;;;+3/p-2. The first-order valence-corrected chi connectivity index (χ1v) is 5.23. The van der Waals surface area contributed by atoms with E-state index in [1.54, 1.807) is 35.9 Å². The molecule has 0 aromatic rings. The normalized spacial score (nSPS) is 19.9. The Labute approximate surface area is 109 Å². The fraction of sp³-hybridized carbons (Fsp3) is 0.600. The summed E-state index contributed by atoms with van der Waals surface area (Å²) in [6, 6.07) is 0. The summed E-state index contributed by atoms with van der Waals surface area (Å²) in [5.41, 5.74) is 6.18. The third kappa shape index (κ3) is 2.49. The van der Waals surface area contributed by atoms with E-state index in [2.05, 4.69) is 34.6 Å². The third-order valence-electron chi connectivity index (χ3n) is 3.19. The Morgan fingerprint density at radius 1 is 0.846 bits per heavy atom. The van der Waals surface area contributed by atoms with Crippen LogP contribution in [-0.4, -0.2) is 0 Å². The molecule has 0 aromatic carbocycles. The monoisotopic (exact) mass is 295 g/mol. The Hall–Kier alpha value is 0.943. The molecular weight excluding hydrogens is 282 g/mol. The molecule has 72 valence electrons. The van der Waals surface area contributed by atoms with Crippen molar-refractivity contribution in [3.63, 3.8) is 0 Å². The van der Waals surface area contributed by atoms with Gasteiger partial charge in [-0.25, -0.2) is 0 Å². The zero-order valence-electron chi connectivity index (χ0n) is 8.76. The van der Waals surface area contributed by atoms with E-state index >= 15 is 0 Å². The number of hydrogen-bond donors (Lipinski definition) is 0. The zero-order chi connectivity index (χ0) is 8.81. The Morgan fingerprint density at radius 3 is 1.15 bits per heavy atom. The Kier molecular flexibility index (Phi) is 6.48. The first kappa shape index (κ1) is 16.4. The molecule has 0 atom stereocenters. The Balaban J connectivity index is 0. The van der Waals surface area contributed by atoms with Crippen LogP contribution in [0.25, 0.3) is 0 Å². The fourth-order valence-electron chi connectivity index (χ4n) is 1.59. The molecule has 0 radical (unpaired) electrons. The average molecular weight is 297 g/mol. The molecule has 0 fully saturated rings. The molecular formula is C10H15Cl2Zr+. The van der Waals surface area contributed by atoms with Crippen molar-refractivity contribution in [3.05, 3.63) is 22.3 Å². The van der Waals surface area contributed by atoms with Crippen LogP contribution < -0.4 is 24.8 Å². The quantitative estimate of drug-likeness (QED) is 0.460. The minimum absolute atomic E-state index is 0. The zero-order valence-corrected chi connectivity index (χ0v) is 12.7. The van der Waals surface area contributed by atoms with Crippen molar-refractivity contribution in [1.82, 2.24) is 0 Å². The van der Waals surface area contributed by atoms with Crippen LogP contribution in [0.2, 0.25) is 3.12 Å². The van der Waals surface area contributed by atoms with Crippen molar-refractivity contribution >= 4 is 0 Å². The Bertz CT molecular complexity index is 236. The molecule has 0 bridgehead atoms. The van der Waals surface area contributed by atoms with Crippen LogP contribution in [-0.2, 0) is 24.7 Å². The minimum atomic E-state index is 0. The van der Waals surface area contributed by atoms with E-state index in [1.807, 2.05) is 0 Å².